The average molecular weight is 398 g/mol. The fraction of sp³-hybridized carbons (Fsp3) is 0.150. The third kappa shape index (κ3) is 4.18. The second-order valence-corrected chi connectivity index (χ2v) is 7.50. The van der Waals surface area contributed by atoms with Gasteiger partial charge in [0.2, 0.25) is 5.91 Å². The second kappa shape index (κ2) is 7.90. The molecular formula is C20H16ClN3O2S. The van der Waals surface area contributed by atoms with E-state index in [4.69, 9.17) is 16.3 Å². The molecule has 0 saturated carbocycles. The van der Waals surface area contributed by atoms with Gasteiger partial charge in [0.1, 0.15) is 18.2 Å². The van der Waals surface area contributed by atoms with Gasteiger partial charge in [-0.25, -0.2) is 9.97 Å². The number of aromatic nitrogens is 2. The lowest BCUT2D eigenvalue weighted by Crippen LogP contribution is -2.33. The van der Waals surface area contributed by atoms with E-state index in [2.05, 4.69) is 15.3 Å². The highest BCUT2D eigenvalue weighted by atomic mass is 35.5. The molecule has 3 heterocycles. The maximum absolute atomic E-state index is 12.0. The average Bonchev–Trinajstić information content (AvgIpc) is 3.35. The summed E-state index contributed by atoms with van der Waals surface area (Å²) < 4.78 is 5.93. The first-order valence-electron chi connectivity index (χ1n) is 8.43. The van der Waals surface area contributed by atoms with Gasteiger partial charge in [0, 0.05) is 40.9 Å². The fourth-order valence-electron chi connectivity index (χ4n) is 2.93. The van der Waals surface area contributed by atoms with Gasteiger partial charge in [-0.2, -0.15) is 0 Å². The van der Waals surface area contributed by atoms with Crippen LogP contribution in [-0.2, 0) is 11.2 Å². The molecule has 1 aliphatic rings. The summed E-state index contributed by atoms with van der Waals surface area (Å²) in [5.74, 6) is 0.543. The SMILES string of the molecule is O=C(C=Cc1cccs1)NCC1Cc2cc(-c3cncnc3)cc(Cl)c2O1. The highest BCUT2D eigenvalue weighted by molar-refractivity contribution is 7.10. The standard InChI is InChI=1S/C20H16ClN3O2S/c21-18-8-13(15-9-22-12-23-10-15)6-14-7-16(26-20(14)18)11-24-19(25)4-3-17-2-1-5-27-17/h1-6,8-10,12,16H,7,11H2,(H,24,25). The van der Waals surface area contributed by atoms with E-state index in [-0.39, 0.29) is 12.0 Å². The van der Waals surface area contributed by atoms with E-state index in [1.54, 1.807) is 29.8 Å². The number of ether oxygens (including phenoxy) is 1. The van der Waals surface area contributed by atoms with Crippen molar-refractivity contribution in [3.8, 4) is 16.9 Å². The number of halogens is 1. The van der Waals surface area contributed by atoms with E-state index in [0.717, 1.165) is 21.6 Å². The molecule has 2 aromatic heterocycles. The Kier molecular flexibility index (Phi) is 5.18. The molecule has 1 atom stereocenters. The molecule has 0 bridgehead atoms. The molecule has 0 radical (unpaired) electrons. The van der Waals surface area contributed by atoms with Crippen LogP contribution in [0.1, 0.15) is 10.4 Å². The molecule has 0 fully saturated rings. The molecule has 1 amide bonds. The van der Waals surface area contributed by atoms with Crippen LogP contribution in [0.3, 0.4) is 0 Å². The van der Waals surface area contributed by atoms with E-state index in [9.17, 15) is 4.79 Å². The Bertz CT molecular complexity index is 974. The number of carbonyl (C=O) groups is 1. The van der Waals surface area contributed by atoms with Gasteiger partial charge < -0.3 is 10.1 Å². The van der Waals surface area contributed by atoms with Crippen LogP contribution in [0, 0.1) is 0 Å². The Labute approximate surface area is 165 Å². The Hall–Kier alpha value is -2.70. The highest BCUT2D eigenvalue weighted by Crippen LogP contribution is 2.39. The van der Waals surface area contributed by atoms with Crippen molar-refractivity contribution in [3.63, 3.8) is 0 Å². The van der Waals surface area contributed by atoms with Crippen molar-refractivity contribution >= 4 is 34.9 Å². The van der Waals surface area contributed by atoms with Crippen LogP contribution in [-0.4, -0.2) is 28.5 Å². The third-order valence-corrected chi connectivity index (χ3v) is 5.31. The highest BCUT2D eigenvalue weighted by Gasteiger charge is 2.26. The van der Waals surface area contributed by atoms with Crippen molar-refractivity contribution in [1.29, 1.82) is 0 Å². The molecule has 1 aromatic carbocycles. The van der Waals surface area contributed by atoms with E-state index >= 15 is 0 Å². The van der Waals surface area contributed by atoms with E-state index in [1.807, 2.05) is 29.6 Å². The third-order valence-electron chi connectivity index (χ3n) is 4.19. The largest absolute Gasteiger partial charge is 0.486 e. The van der Waals surface area contributed by atoms with Gasteiger partial charge in [-0.15, -0.1) is 11.3 Å². The summed E-state index contributed by atoms with van der Waals surface area (Å²) in [4.78, 5) is 21.1. The van der Waals surface area contributed by atoms with Crippen molar-refractivity contribution < 1.29 is 9.53 Å². The first-order chi connectivity index (χ1) is 13.2. The number of hydrogen-bond acceptors (Lipinski definition) is 5. The van der Waals surface area contributed by atoms with Crippen LogP contribution >= 0.6 is 22.9 Å². The van der Waals surface area contributed by atoms with Crippen molar-refractivity contribution in [1.82, 2.24) is 15.3 Å². The number of hydrogen-bond donors (Lipinski definition) is 1. The lowest BCUT2D eigenvalue weighted by Gasteiger charge is -2.11. The zero-order chi connectivity index (χ0) is 18.6. The smallest absolute Gasteiger partial charge is 0.244 e. The van der Waals surface area contributed by atoms with Crippen LogP contribution in [0.4, 0.5) is 0 Å². The van der Waals surface area contributed by atoms with Crippen LogP contribution in [0.2, 0.25) is 5.02 Å². The predicted octanol–water partition coefficient (Wildman–Crippen LogP) is 3.99. The Morgan fingerprint density at radius 1 is 1.33 bits per heavy atom. The molecular weight excluding hydrogens is 382 g/mol. The molecule has 136 valence electrons. The van der Waals surface area contributed by atoms with Crippen molar-refractivity contribution in [2.75, 3.05) is 6.54 Å². The molecule has 0 spiro atoms. The summed E-state index contributed by atoms with van der Waals surface area (Å²) in [7, 11) is 0. The van der Waals surface area contributed by atoms with Gasteiger partial charge in [-0.3, -0.25) is 4.79 Å². The number of carbonyl (C=O) groups excluding carboxylic acids is 1. The summed E-state index contributed by atoms with van der Waals surface area (Å²) in [5.41, 5.74) is 2.87. The molecule has 1 unspecified atom stereocenters. The maximum Gasteiger partial charge on any atom is 0.244 e. The zero-order valence-corrected chi connectivity index (χ0v) is 15.8. The van der Waals surface area contributed by atoms with E-state index < -0.39 is 0 Å². The lowest BCUT2D eigenvalue weighted by atomic mass is 10.0. The minimum absolute atomic E-state index is 0.140. The minimum atomic E-state index is -0.142. The molecule has 3 aromatic rings. The van der Waals surface area contributed by atoms with Crippen LogP contribution in [0.15, 0.2) is 54.4 Å². The number of benzene rings is 1. The zero-order valence-electron chi connectivity index (χ0n) is 14.3. The summed E-state index contributed by atoms with van der Waals surface area (Å²) in [6, 6.07) is 7.80. The van der Waals surface area contributed by atoms with Crippen LogP contribution in [0.25, 0.3) is 17.2 Å². The minimum Gasteiger partial charge on any atom is -0.486 e. The van der Waals surface area contributed by atoms with Crippen molar-refractivity contribution in [3.05, 3.63) is 69.9 Å². The Morgan fingerprint density at radius 2 is 2.19 bits per heavy atom. The van der Waals surface area contributed by atoms with Gasteiger partial charge in [0.15, 0.2) is 0 Å². The van der Waals surface area contributed by atoms with Gasteiger partial charge >= 0.3 is 0 Å². The number of thiophene rings is 1. The summed E-state index contributed by atoms with van der Waals surface area (Å²) in [6.45, 7) is 0.419. The van der Waals surface area contributed by atoms with Crippen LogP contribution in [0.5, 0.6) is 5.75 Å². The number of nitrogens with zero attached hydrogens (tertiary/aromatic N) is 2. The normalized spacial score (nSPS) is 15.5. The molecule has 4 rings (SSSR count). The topological polar surface area (TPSA) is 64.1 Å². The fourth-order valence-corrected chi connectivity index (χ4v) is 3.84. The quantitative estimate of drug-likeness (QED) is 0.661. The molecule has 0 aliphatic carbocycles. The Morgan fingerprint density at radius 3 is 2.96 bits per heavy atom. The monoisotopic (exact) mass is 397 g/mol. The summed E-state index contributed by atoms with van der Waals surface area (Å²) in [6.07, 6.45) is 8.87. The number of rotatable bonds is 5. The van der Waals surface area contributed by atoms with Crippen molar-refractivity contribution in [2.45, 2.75) is 12.5 Å². The molecule has 27 heavy (non-hydrogen) atoms. The van der Waals surface area contributed by atoms with E-state index in [1.165, 1.54) is 12.4 Å². The Balaban J connectivity index is 1.39. The molecule has 1 N–H and O–H groups in total. The van der Waals surface area contributed by atoms with Gasteiger partial charge in [-0.1, -0.05) is 17.7 Å². The lowest BCUT2D eigenvalue weighted by molar-refractivity contribution is -0.116. The molecule has 5 nitrogen and oxygen atoms in total. The summed E-state index contributed by atoms with van der Waals surface area (Å²) in [5, 5.41) is 5.40. The first-order valence-corrected chi connectivity index (χ1v) is 9.68. The number of nitrogens with one attached hydrogen (secondary N) is 1. The number of fused-ring (bicyclic) bond motifs is 1. The van der Waals surface area contributed by atoms with E-state index in [0.29, 0.717) is 23.7 Å². The van der Waals surface area contributed by atoms with Crippen LogP contribution < -0.4 is 10.1 Å². The number of amides is 1. The van der Waals surface area contributed by atoms with Gasteiger partial charge in [-0.05, 0) is 35.2 Å². The predicted molar refractivity (Wildman–Crippen MR) is 107 cm³/mol. The van der Waals surface area contributed by atoms with Crippen molar-refractivity contribution in [2.24, 2.45) is 0 Å². The van der Waals surface area contributed by atoms with Gasteiger partial charge in [0.05, 0.1) is 11.6 Å². The second-order valence-electron chi connectivity index (χ2n) is 6.11. The molecule has 0 saturated heterocycles. The molecule has 1 aliphatic heterocycles. The summed E-state index contributed by atoms with van der Waals surface area (Å²) >= 11 is 7.98. The van der Waals surface area contributed by atoms with Gasteiger partial charge in [0.25, 0.3) is 0 Å². The maximum atomic E-state index is 12.0. The molecule has 7 heteroatoms. The first kappa shape index (κ1) is 17.7.